The summed E-state index contributed by atoms with van der Waals surface area (Å²) in [5, 5.41) is 21.6. The van der Waals surface area contributed by atoms with Crippen LogP contribution < -0.4 is 10.1 Å². The number of nitriles is 1. The van der Waals surface area contributed by atoms with E-state index in [1.807, 2.05) is 25.1 Å². The lowest BCUT2D eigenvalue weighted by Crippen LogP contribution is -2.13. The fourth-order valence-electron chi connectivity index (χ4n) is 1.95. The van der Waals surface area contributed by atoms with Gasteiger partial charge in [0.25, 0.3) is 5.91 Å². The van der Waals surface area contributed by atoms with Crippen molar-refractivity contribution in [1.82, 2.24) is 0 Å². The van der Waals surface area contributed by atoms with Crippen molar-refractivity contribution < 1.29 is 14.6 Å². The van der Waals surface area contributed by atoms with Gasteiger partial charge in [0.15, 0.2) is 11.5 Å². The molecule has 0 spiro atoms. The van der Waals surface area contributed by atoms with Crippen LogP contribution in [0.1, 0.15) is 11.1 Å². The maximum atomic E-state index is 12.2. The van der Waals surface area contributed by atoms with Crippen LogP contribution in [-0.4, -0.2) is 18.1 Å². The molecule has 0 radical (unpaired) electrons. The highest BCUT2D eigenvalue weighted by Crippen LogP contribution is 2.27. The van der Waals surface area contributed by atoms with Crippen molar-refractivity contribution in [1.29, 1.82) is 5.26 Å². The van der Waals surface area contributed by atoms with Gasteiger partial charge < -0.3 is 15.2 Å². The summed E-state index contributed by atoms with van der Waals surface area (Å²) in [5.41, 5.74) is 2.15. The van der Waals surface area contributed by atoms with Crippen LogP contribution >= 0.6 is 0 Å². The van der Waals surface area contributed by atoms with E-state index in [9.17, 15) is 15.2 Å². The number of nitrogens with one attached hydrogen (secondary N) is 1. The van der Waals surface area contributed by atoms with Gasteiger partial charge in [0.2, 0.25) is 0 Å². The Morgan fingerprint density at radius 3 is 2.52 bits per heavy atom. The van der Waals surface area contributed by atoms with Crippen LogP contribution in [0.2, 0.25) is 0 Å². The number of phenolic OH excluding ortho intramolecular Hbond substituents is 1. The maximum Gasteiger partial charge on any atom is 0.266 e. The summed E-state index contributed by atoms with van der Waals surface area (Å²) in [6.45, 7) is 1.95. The van der Waals surface area contributed by atoms with E-state index >= 15 is 0 Å². The first-order valence-electron chi connectivity index (χ1n) is 6.90. The molecule has 0 aliphatic carbocycles. The molecule has 23 heavy (non-hydrogen) atoms. The predicted octanol–water partition coefficient (Wildman–Crippen LogP) is 3.25. The van der Waals surface area contributed by atoms with Crippen LogP contribution in [0.5, 0.6) is 11.5 Å². The van der Waals surface area contributed by atoms with Crippen molar-refractivity contribution in [2.45, 2.75) is 6.92 Å². The number of carbonyl (C=O) groups excluding carboxylic acids is 1. The van der Waals surface area contributed by atoms with Gasteiger partial charge in [-0.2, -0.15) is 5.26 Å². The van der Waals surface area contributed by atoms with Crippen molar-refractivity contribution in [2.75, 3.05) is 12.4 Å². The molecule has 2 aromatic rings. The molecule has 0 unspecified atom stereocenters. The molecule has 1 amide bonds. The Hall–Kier alpha value is -3.26. The molecule has 0 fully saturated rings. The van der Waals surface area contributed by atoms with E-state index in [1.165, 1.54) is 19.3 Å². The van der Waals surface area contributed by atoms with Gasteiger partial charge in [0.05, 0.1) is 7.11 Å². The molecule has 0 aliphatic heterocycles. The van der Waals surface area contributed by atoms with E-state index in [2.05, 4.69) is 5.32 Å². The number of ether oxygens (including phenoxy) is 1. The standard InChI is InChI=1S/C18H16N2O3/c1-12-3-6-15(7-4-12)20-18(22)14(11-19)9-13-5-8-17(23-2)16(21)10-13/h3-10,21H,1-2H3,(H,20,22)/b14-9-. The summed E-state index contributed by atoms with van der Waals surface area (Å²) in [6.07, 6.45) is 1.41. The van der Waals surface area contributed by atoms with E-state index in [-0.39, 0.29) is 11.3 Å². The highest BCUT2D eigenvalue weighted by molar-refractivity contribution is 6.09. The third kappa shape index (κ3) is 4.11. The SMILES string of the molecule is COc1ccc(/C=C(/C#N)C(=O)Nc2ccc(C)cc2)cc1O. The molecule has 2 N–H and O–H groups in total. The van der Waals surface area contributed by atoms with E-state index in [4.69, 9.17) is 4.74 Å². The number of methoxy groups -OCH3 is 1. The number of aromatic hydroxyl groups is 1. The number of rotatable bonds is 4. The maximum absolute atomic E-state index is 12.2. The molecule has 2 aromatic carbocycles. The molecule has 0 heterocycles. The normalized spacial score (nSPS) is 10.7. The van der Waals surface area contributed by atoms with Gasteiger partial charge in [-0.05, 0) is 42.8 Å². The molecule has 2 rings (SSSR count). The number of amides is 1. The average Bonchev–Trinajstić information content (AvgIpc) is 2.54. The average molecular weight is 308 g/mol. The van der Waals surface area contributed by atoms with Crippen molar-refractivity contribution in [3.8, 4) is 17.6 Å². The zero-order valence-electron chi connectivity index (χ0n) is 12.8. The number of carbonyl (C=O) groups is 1. The van der Waals surface area contributed by atoms with E-state index < -0.39 is 5.91 Å². The van der Waals surface area contributed by atoms with Crippen LogP contribution in [0, 0.1) is 18.3 Å². The minimum absolute atomic E-state index is 0.0579. The Labute approximate surface area is 134 Å². The molecule has 5 heteroatoms. The number of benzene rings is 2. The van der Waals surface area contributed by atoms with Crippen molar-refractivity contribution in [2.24, 2.45) is 0 Å². The predicted molar refractivity (Wildman–Crippen MR) is 88.1 cm³/mol. The lowest BCUT2D eigenvalue weighted by Gasteiger charge is -2.06. The van der Waals surface area contributed by atoms with E-state index in [1.54, 1.807) is 24.3 Å². The summed E-state index contributed by atoms with van der Waals surface area (Å²) in [6, 6.07) is 13.8. The zero-order chi connectivity index (χ0) is 16.8. The highest BCUT2D eigenvalue weighted by atomic mass is 16.5. The van der Waals surface area contributed by atoms with Gasteiger partial charge >= 0.3 is 0 Å². The quantitative estimate of drug-likeness (QED) is 0.671. The largest absolute Gasteiger partial charge is 0.504 e. The van der Waals surface area contributed by atoms with Crippen LogP contribution in [0.15, 0.2) is 48.0 Å². The lowest BCUT2D eigenvalue weighted by molar-refractivity contribution is -0.112. The summed E-state index contributed by atoms with van der Waals surface area (Å²) >= 11 is 0. The number of phenols is 1. The van der Waals surface area contributed by atoms with Crippen molar-refractivity contribution >= 4 is 17.7 Å². The minimum atomic E-state index is -0.508. The molecule has 0 saturated heterocycles. The third-order valence-corrected chi connectivity index (χ3v) is 3.19. The lowest BCUT2D eigenvalue weighted by atomic mass is 10.1. The Kier molecular flexibility index (Phi) is 5.00. The van der Waals surface area contributed by atoms with Gasteiger partial charge in [-0.1, -0.05) is 23.8 Å². The molecule has 0 aliphatic rings. The first kappa shape index (κ1) is 16.1. The molecule has 0 bridgehead atoms. The van der Waals surface area contributed by atoms with Gasteiger partial charge in [0, 0.05) is 5.69 Å². The van der Waals surface area contributed by atoms with E-state index in [0.29, 0.717) is 17.0 Å². The summed E-state index contributed by atoms with van der Waals surface area (Å²) < 4.78 is 4.95. The molecule has 5 nitrogen and oxygen atoms in total. The number of nitrogens with zero attached hydrogens (tertiary/aromatic N) is 1. The molecule has 0 saturated carbocycles. The van der Waals surface area contributed by atoms with Gasteiger partial charge in [-0.15, -0.1) is 0 Å². The van der Waals surface area contributed by atoms with Gasteiger partial charge in [-0.3, -0.25) is 4.79 Å². The van der Waals surface area contributed by atoms with Crippen molar-refractivity contribution in [3.63, 3.8) is 0 Å². The monoisotopic (exact) mass is 308 g/mol. The first-order valence-corrected chi connectivity index (χ1v) is 6.90. The third-order valence-electron chi connectivity index (χ3n) is 3.19. The highest BCUT2D eigenvalue weighted by Gasteiger charge is 2.10. The van der Waals surface area contributed by atoms with Crippen LogP contribution in [0.25, 0.3) is 6.08 Å². The zero-order valence-corrected chi connectivity index (χ0v) is 12.8. The summed E-state index contributed by atoms with van der Waals surface area (Å²) in [7, 11) is 1.44. The summed E-state index contributed by atoms with van der Waals surface area (Å²) in [4.78, 5) is 12.2. The Bertz CT molecular complexity index is 787. The van der Waals surface area contributed by atoms with Crippen LogP contribution in [0.3, 0.4) is 0 Å². The second-order valence-electron chi connectivity index (χ2n) is 4.92. The fourth-order valence-corrected chi connectivity index (χ4v) is 1.95. The van der Waals surface area contributed by atoms with E-state index in [0.717, 1.165) is 5.56 Å². The first-order chi connectivity index (χ1) is 11.0. The fraction of sp³-hybridized carbons (Fsp3) is 0.111. The smallest absolute Gasteiger partial charge is 0.266 e. The van der Waals surface area contributed by atoms with Crippen LogP contribution in [-0.2, 0) is 4.79 Å². The second kappa shape index (κ2) is 7.14. The van der Waals surface area contributed by atoms with Gasteiger partial charge in [-0.25, -0.2) is 0 Å². The number of hydrogen-bond donors (Lipinski definition) is 2. The number of hydrogen-bond acceptors (Lipinski definition) is 4. The number of aryl methyl sites for hydroxylation is 1. The van der Waals surface area contributed by atoms with Crippen molar-refractivity contribution in [3.05, 3.63) is 59.2 Å². The molecule has 0 atom stereocenters. The molecule has 0 aromatic heterocycles. The Morgan fingerprint density at radius 1 is 1.26 bits per heavy atom. The van der Waals surface area contributed by atoms with Gasteiger partial charge in [0.1, 0.15) is 11.6 Å². The Balaban J connectivity index is 2.21. The topological polar surface area (TPSA) is 82.3 Å². The van der Waals surface area contributed by atoms with Crippen LogP contribution in [0.4, 0.5) is 5.69 Å². The molecule has 116 valence electrons. The molecular weight excluding hydrogens is 292 g/mol. The number of anilines is 1. The second-order valence-corrected chi connectivity index (χ2v) is 4.92. The molecular formula is C18H16N2O3. The summed E-state index contributed by atoms with van der Waals surface area (Å²) in [5.74, 6) is -0.242. The Morgan fingerprint density at radius 2 is 1.96 bits per heavy atom. The minimum Gasteiger partial charge on any atom is -0.504 e.